The molecule has 2 unspecified atom stereocenters. The van der Waals surface area contributed by atoms with Crippen molar-refractivity contribution in [3.8, 4) is 0 Å². The van der Waals surface area contributed by atoms with E-state index < -0.39 is 0 Å². The van der Waals surface area contributed by atoms with Crippen molar-refractivity contribution in [2.75, 3.05) is 26.7 Å². The molecule has 16 heavy (non-hydrogen) atoms. The molecule has 0 aliphatic heterocycles. The van der Waals surface area contributed by atoms with Gasteiger partial charge in [-0.25, -0.2) is 0 Å². The van der Waals surface area contributed by atoms with Gasteiger partial charge in [0, 0.05) is 12.6 Å². The smallest absolute Gasteiger partial charge is 0.0628 e. The van der Waals surface area contributed by atoms with Crippen molar-refractivity contribution in [3.05, 3.63) is 0 Å². The Kier molecular flexibility index (Phi) is 5.22. The number of likely N-dealkylation sites (N-methyl/N-ethyl adjacent to an activating group) is 2. The number of rotatable bonds is 8. The largest absolute Gasteiger partial charge is 0.394 e. The van der Waals surface area contributed by atoms with Gasteiger partial charge < -0.3 is 15.3 Å². The molecule has 1 rings (SSSR count). The van der Waals surface area contributed by atoms with Gasteiger partial charge in [0.15, 0.2) is 0 Å². The second kappa shape index (κ2) is 5.99. The molecule has 0 heterocycles. The first-order chi connectivity index (χ1) is 7.59. The fourth-order valence-corrected chi connectivity index (χ4v) is 2.46. The van der Waals surface area contributed by atoms with Crippen LogP contribution in [0.15, 0.2) is 0 Å². The quantitative estimate of drug-likeness (QED) is 0.660. The summed E-state index contributed by atoms with van der Waals surface area (Å²) in [5.41, 5.74) is -0.0626. The molecule has 3 nitrogen and oxygen atoms in total. The fourth-order valence-electron chi connectivity index (χ4n) is 2.46. The molecule has 0 aromatic rings. The molecule has 1 saturated carbocycles. The van der Waals surface area contributed by atoms with Gasteiger partial charge in [0.2, 0.25) is 0 Å². The number of nitrogens with one attached hydrogen (secondary N) is 1. The van der Waals surface area contributed by atoms with E-state index in [4.69, 9.17) is 0 Å². The van der Waals surface area contributed by atoms with Crippen molar-refractivity contribution in [2.45, 2.75) is 51.6 Å². The maximum Gasteiger partial charge on any atom is 0.0628 e. The number of hydrogen-bond donors (Lipinski definition) is 2. The van der Waals surface area contributed by atoms with Crippen molar-refractivity contribution in [1.29, 1.82) is 0 Å². The first-order valence-corrected chi connectivity index (χ1v) is 6.65. The molecular formula is C13H28N2O. The van der Waals surface area contributed by atoms with Crippen LogP contribution < -0.4 is 5.32 Å². The molecule has 2 atom stereocenters. The third kappa shape index (κ3) is 3.19. The summed E-state index contributed by atoms with van der Waals surface area (Å²) in [6.45, 7) is 8.73. The van der Waals surface area contributed by atoms with Crippen molar-refractivity contribution in [1.82, 2.24) is 10.2 Å². The number of aliphatic hydroxyl groups is 1. The maximum atomic E-state index is 9.73. The van der Waals surface area contributed by atoms with Crippen LogP contribution in [0.3, 0.4) is 0 Å². The lowest BCUT2D eigenvalue weighted by Gasteiger charge is -2.39. The Bertz CT molecular complexity index is 206. The van der Waals surface area contributed by atoms with Crippen LogP contribution in [0.2, 0.25) is 0 Å². The van der Waals surface area contributed by atoms with E-state index in [1.54, 1.807) is 0 Å². The molecule has 1 fully saturated rings. The standard InChI is InChI=1S/C13H28N2O/c1-5-11(3)15(4)9-13(10-16,14-6-2)12-7-8-12/h11-12,14,16H,5-10H2,1-4H3. The van der Waals surface area contributed by atoms with E-state index in [0.717, 1.165) is 19.5 Å². The number of nitrogens with zero attached hydrogens (tertiary/aromatic N) is 1. The third-order valence-electron chi connectivity index (χ3n) is 4.04. The Morgan fingerprint density at radius 3 is 2.44 bits per heavy atom. The zero-order valence-corrected chi connectivity index (χ0v) is 11.3. The molecule has 1 aliphatic carbocycles. The van der Waals surface area contributed by atoms with Crippen molar-refractivity contribution in [2.24, 2.45) is 5.92 Å². The van der Waals surface area contributed by atoms with Crippen LogP contribution in [0, 0.1) is 5.92 Å². The molecule has 0 bridgehead atoms. The summed E-state index contributed by atoms with van der Waals surface area (Å²) < 4.78 is 0. The Labute approximate surface area is 100 Å². The van der Waals surface area contributed by atoms with Crippen LogP contribution in [0.4, 0.5) is 0 Å². The van der Waals surface area contributed by atoms with Crippen molar-refractivity contribution in [3.63, 3.8) is 0 Å². The minimum atomic E-state index is -0.0626. The zero-order valence-electron chi connectivity index (χ0n) is 11.3. The summed E-state index contributed by atoms with van der Waals surface area (Å²) in [6.07, 6.45) is 3.69. The minimum Gasteiger partial charge on any atom is -0.394 e. The number of hydrogen-bond acceptors (Lipinski definition) is 3. The van der Waals surface area contributed by atoms with Crippen molar-refractivity contribution < 1.29 is 5.11 Å². The minimum absolute atomic E-state index is 0.0626. The zero-order chi connectivity index (χ0) is 12.2. The maximum absolute atomic E-state index is 9.73. The SMILES string of the molecule is CCNC(CO)(CN(C)C(C)CC)C1CC1. The van der Waals surface area contributed by atoms with Crippen LogP contribution >= 0.6 is 0 Å². The third-order valence-corrected chi connectivity index (χ3v) is 4.04. The average Bonchev–Trinajstić information content (AvgIpc) is 3.11. The van der Waals surface area contributed by atoms with Gasteiger partial charge >= 0.3 is 0 Å². The normalized spacial score (nSPS) is 22.1. The molecule has 0 saturated heterocycles. The van der Waals surface area contributed by atoms with Gasteiger partial charge in [-0.3, -0.25) is 0 Å². The molecule has 0 amide bonds. The summed E-state index contributed by atoms with van der Waals surface area (Å²) in [6, 6.07) is 0.586. The Morgan fingerprint density at radius 2 is 2.06 bits per heavy atom. The monoisotopic (exact) mass is 228 g/mol. The molecule has 0 aromatic carbocycles. The lowest BCUT2D eigenvalue weighted by atomic mass is 9.92. The van der Waals surface area contributed by atoms with Crippen molar-refractivity contribution >= 4 is 0 Å². The molecule has 0 aromatic heterocycles. The lowest BCUT2D eigenvalue weighted by molar-refractivity contribution is 0.0873. The highest BCUT2D eigenvalue weighted by molar-refractivity contribution is 5.02. The molecular weight excluding hydrogens is 200 g/mol. The summed E-state index contributed by atoms with van der Waals surface area (Å²) in [5.74, 6) is 0.670. The molecule has 2 N–H and O–H groups in total. The van der Waals surface area contributed by atoms with E-state index in [-0.39, 0.29) is 12.1 Å². The predicted molar refractivity (Wildman–Crippen MR) is 68.6 cm³/mol. The Balaban J connectivity index is 2.61. The first-order valence-electron chi connectivity index (χ1n) is 6.65. The van der Waals surface area contributed by atoms with E-state index >= 15 is 0 Å². The number of aliphatic hydroxyl groups excluding tert-OH is 1. The van der Waals surface area contributed by atoms with Gasteiger partial charge in [-0.05, 0) is 45.7 Å². The van der Waals surface area contributed by atoms with Gasteiger partial charge in [0.05, 0.1) is 12.1 Å². The summed E-state index contributed by atoms with van der Waals surface area (Å²) in [4.78, 5) is 2.37. The highest BCUT2D eigenvalue weighted by atomic mass is 16.3. The van der Waals surface area contributed by atoms with Crippen LogP contribution in [0.25, 0.3) is 0 Å². The Morgan fingerprint density at radius 1 is 1.44 bits per heavy atom. The molecule has 1 aliphatic rings. The van der Waals surface area contributed by atoms with Gasteiger partial charge in [-0.15, -0.1) is 0 Å². The van der Waals surface area contributed by atoms with E-state index in [9.17, 15) is 5.11 Å². The van der Waals surface area contributed by atoms with Gasteiger partial charge in [0.25, 0.3) is 0 Å². The molecule has 0 radical (unpaired) electrons. The van der Waals surface area contributed by atoms with Crippen LogP contribution in [-0.4, -0.2) is 48.3 Å². The second-order valence-electron chi connectivity index (χ2n) is 5.29. The van der Waals surface area contributed by atoms with Crippen LogP contribution in [-0.2, 0) is 0 Å². The van der Waals surface area contributed by atoms with E-state index in [0.29, 0.717) is 12.0 Å². The van der Waals surface area contributed by atoms with Crippen LogP contribution in [0.5, 0.6) is 0 Å². The summed E-state index contributed by atoms with van der Waals surface area (Å²) in [5, 5.41) is 13.3. The van der Waals surface area contributed by atoms with Gasteiger partial charge in [0.1, 0.15) is 0 Å². The van der Waals surface area contributed by atoms with Gasteiger partial charge in [-0.1, -0.05) is 13.8 Å². The van der Waals surface area contributed by atoms with E-state index in [1.807, 2.05) is 0 Å². The molecule has 96 valence electrons. The summed E-state index contributed by atoms with van der Waals surface area (Å²) in [7, 11) is 2.16. The molecule has 0 spiro atoms. The highest BCUT2D eigenvalue weighted by Crippen LogP contribution is 2.40. The van der Waals surface area contributed by atoms with Crippen LogP contribution in [0.1, 0.15) is 40.0 Å². The summed E-state index contributed by atoms with van der Waals surface area (Å²) >= 11 is 0. The van der Waals surface area contributed by atoms with Gasteiger partial charge in [-0.2, -0.15) is 0 Å². The molecule has 3 heteroatoms. The average molecular weight is 228 g/mol. The van der Waals surface area contributed by atoms with E-state index in [1.165, 1.54) is 12.8 Å². The highest BCUT2D eigenvalue weighted by Gasteiger charge is 2.45. The topological polar surface area (TPSA) is 35.5 Å². The Hall–Kier alpha value is -0.120. The fraction of sp³-hybridized carbons (Fsp3) is 1.00. The van der Waals surface area contributed by atoms with E-state index in [2.05, 4.69) is 38.0 Å². The predicted octanol–water partition coefficient (Wildman–Crippen LogP) is 1.47. The lowest BCUT2D eigenvalue weighted by Crippen LogP contribution is -2.58. The first kappa shape index (κ1) is 13.9. The second-order valence-corrected chi connectivity index (χ2v) is 5.29.